The number of ether oxygens (including phenoxy) is 1. The van der Waals surface area contributed by atoms with Gasteiger partial charge in [0.1, 0.15) is 5.75 Å². The molecular weight excluding hydrogens is 262 g/mol. The number of nitrogens with zero attached hydrogens (tertiary/aromatic N) is 2. The Morgan fingerprint density at radius 1 is 1.19 bits per heavy atom. The van der Waals surface area contributed by atoms with Gasteiger partial charge in [-0.05, 0) is 52.0 Å². The molecule has 0 aliphatic carbocycles. The second-order valence-corrected chi connectivity index (χ2v) is 6.24. The van der Waals surface area contributed by atoms with Crippen LogP contribution >= 0.6 is 0 Å². The van der Waals surface area contributed by atoms with Crippen molar-refractivity contribution in [1.29, 1.82) is 0 Å². The van der Waals surface area contributed by atoms with E-state index in [1.165, 1.54) is 5.56 Å². The van der Waals surface area contributed by atoms with Crippen LogP contribution in [0.4, 0.5) is 0 Å². The number of hydrogen-bond donors (Lipinski definition) is 1. The van der Waals surface area contributed by atoms with Crippen LogP contribution in [0.1, 0.15) is 33.3 Å². The zero-order valence-electron chi connectivity index (χ0n) is 13.6. The first-order valence-electron chi connectivity index (χ1n) is 7.40. The van der Waals surface area contributed by atoms with E-state index in [0.29, 0.717) is 6.61 Å². The number of rotatable bonds is 5. The smallest absolute Gasteiger partial charge is 0.119 e. The van der Waals surface area contributed by atoms with Crippen molar-refractivity contribution in [3.8, 4) is 17.0 Å². The van der Waals surface area contributed by atoms with E-state index in [2.05, 4.69) is 49.5 Å². The summed E-state index contributed by atoms with van der Waals surface area (Å²) in [5, 5.41) is 8.11. The second-order valence-electron chi connectivity index (χ2n) is 6.24. The van der Waals surface area contributed by atoms with Crippen LogP contribution in [0.2, 0.25) is 0 Å². The number of hydrogen-bond acceptors (Lipinski definition) is 3. The summed E-state index contributed by atoms with van der Waals surface area (Å²) >= 11 is 0. The molecule has 4 heteroatoms. The van der Waals surface area contributed by atoms with Crippen molar-refractivity contribution in [1.82, 2.24) is 15.1 Å². The topological polar surface area (TPSA) is 39.1 Å². The van der Waals surface area contributed by atoms with Crippen LogP contribution in [0, 0.1) is 0 Å². The molecule has 21 heavy (non-hydrogen) atoms. The van der Waals surface area contributed by atoms with E-state index in [-0.39, 0.29) is 5.54 Å². The van der Waals surface area contributed by atoms with Gasteiger partial charge in [-0.1, -0.05) is 0 Å². The van der Waals surface area contributed by atoms with Crippen LogP contribution in [0.5, 0.6) is 5.75 Å². The Morgan fingerprint density at radius 3 is 2.43 bits per heavy atom. The molecule has 0 radical (unpaired) electrons. The van der Waals surface area contributed by atoms with Gasteiger partial charge in [-0.25, -0.2) is 0 Å². The molecule has 0 amide bonds. The lowest BCUT2D eigenvalue weighted by atomic mass is 10.1. The number of benzene rings is 1. The Bertz CT molecular complexity index is 579. The van der Waals surface area contributed by atoms with Crippen LogP contribution in [0.15, 0.2) is 30.5 Å². The van der Waals surface area contributed by atoms with E-state index >= 15 is 0 Å². The quantitative estimate of drug-likeness (QED) is 0.916. The molecule has 1 heterocycles. The van der Waals surface area contributed by atoms with Gasteiger partial charge in [-0.2, -0.15) is 5.10 Å². The lowest BCUT2D eigenvalue weighted by Crippen LogP contribution is -2.35. The van der Waals surface area contributed by atoms with Crippen LogP contribution in [0.3, 0.4) is 0 Å². The molecule has 0 atom stereocenters. The maximum atomic E-state index is 5.49. The molecule has 4 nitrogen and oxygen atoms in total. The van der Waals surface area contributed by atoms with Gasteiger partial charge >= 0.3 is 0 Å². The van der Waals surface area contributed by atoms with Gasteiger partial charge in [0, 0.05) is 36.5 Å². The van der Waals surface area contributed by atoms with Gasteiger partial charge in [-0.3, -0.25) is 4.68 Å². The lowest BCUT2D eigenvalue weighted by Gasteiger charge is -2.20. The molecule has 1 aromatic heterocycles. The Balaban J connectivity index is 2.22. The van der Waals surface area contributed by atoms with Crippen LogP contribution < -0.4 is 10.1 Å². The van der Waals surface area contributed by atoms with Crippen molar-refractivity contribution in [3.63, 3.8) is 0 Å². The predicted molar refractivity (Wildman–Crippen MR) is 86.4 cm³/mol. The highest BCUT2D eigenvalue weighted by molar-refractivity contribution is 5.63. The van der Waals surface area contributed by atoms with Crippen LogP contribution in [-0.2, 0) is 13.6 Å². The van der Waals surface area contributed by atoms with Gasteiger partial charge in [0.15, 0.2) is 0 Å². The number of nitrogens with one attached hydrogen (secondary N) is 1. The second kappa shape index (κ2) is 6.31. The number of aromatic nitrogens is 2. The summed E-state index contributed by atoms with van der Waals surface area (Å²) in [5.74, 6) is 0.895. The minimum atomic E-state index is 0.0892. The highest BCUT2D eigenvalue weighted by atomic mass is 16.5. The molecule has 0 spiro atoms. The largest absolute Gasteiger partial charge is 0.494 e. The highest BCUT2D eigenvalue weighted by Crippen LogP contribution is 2.24. The van der Waals surface area contributed by atoms with Crippen molar-refractivity contribution < 1.29 is 4.74 Å². The maximum Gasteiger partial charge on any atom is 0.119 e. The van der Waals surface area contributed by atoms with Gasteiger partial charge < -0.3 is 10.1 Å². The summed E-state index contributed by atoms with van der Waals surface area (Å²) in [7, 11) is 1.96. The third-order valence-electron chi connectivity index (χ3n) is 3.15. The van der Waals surface area contributed by atoms with Gasteiger partial charge in [0.2, 0.25) is 0 Å². The first kappa shape index (κ1) is 15.6. The summed E-state index contributed by atoms with van der Waals surface area (Å²) in [4.78, 5) is 0. The summed E-state index contributed by atoms with van der Waals surface area (Å²) in [5.41, 5.74) is 3.44. The Labute approximate surface area is 127 Å². The zero-order chi connectivity index (χ0) is 15.5. The Kier molecular flexibility index (Phi) is 4.68. The fraction of sp³-hybridized carbons (Fsp3) is 0.471. The molecule has 2 aromatic rings. The first-order chi connectivity index (χ1) is 9.89. The van der Waals surface area contributed by atoms with E-state index in [4.69, 9.17) is 4.74 Å². The molecule has 0 bridgehead atoms. The normalized spacial score (nSPS) is 11.7. The van der Waals surface area contributed by atoms with Crippen molar-refractivity contribution in [3.05, 3.63) is 36.0 Å². The van der Waals surface area contributed by atoms with Crippen molar-refractivity contribution in [2.45, 2.75) is 39.8 Å². The monoisotopic (exact) mass is 287 g/mol. The summed E-state index contributed by atoms with van der Waals surface area (Å²) in [6.07, 6.45) is 2.07. The lowest BCUT2D eigenvalue weighted by molar-refractivity contribution is 0.340. The minimum Gasteiger partial charge on any atom is -0.494 e. The molecule has 1 aromatic carbocycles. The van der Waals surface area contributed by atoms with E-state index in [0.717, 1.165) is 23.6 Å². The van der Waals surface area contributed by atoms with Crippen molar-refractivity contribution >= 4 is 0 Å². The standard InChI is InChI=1S/C17H25N3O/c1-6-21-15-9-7-13(8-10-15)16-14(12-20(5)19-16)11-18-17(2,3)4/h7-10,12,18H,6,11H2,1-5H3. The average Bonchev–Trinajstić information content (AvgIpc) is 2.78. The SMILES string of the molecule is CCOc1ccc(-c2nn(C)cc2CNC(C)(C)C)cc1. The maximum absolute atomic E-state index is 5.49. The van der Waals surface area contributed by atoms with E-state index < -0.39 is 0 Å². The molecule has 114 valence electrons. The molecule has 1 N–H and O–H groups in total. The molecule has 0 fully saturated rings. The summed E-state index contributed by atoms with van der Waals surface area (Å²) < 4.78 is 7.35. The highest BCUT2D eigenvalue weighted by Gasteiger charge is 2.14. The molecule has 2 rings (SSSR count). The van der Waals surface area contributed by atoms with Gasteiger partial charge in [0.25, 0.3) is 0 Å². The molecular formula is C17H25N3O. The van der Waals surface area contributed by atoms with E-state index in [1.54, 1.807) is 0 Å². The van der Waals surface area contributed by atoms with Gasteiger partial charge in [0.05, 0.1) is 12.3 Å². The van der Waals surface area contributed by atoms with Crippen molar-refractivity contribution in [2.24, 2.45) is 7.05 Å². The number of aryl methyl sites for hydroxylation is 1. The average molecular weight is 287 g/mol. The Morgan fingerprint density at radius 2 is 1.86 bits per heavy atom. The van der Waals surface area contributed by atoms with Crippen molar-refractivity contribution in [2.75, 3.05) is 6.61 Å². The molecule has 0 saturated heterocycles. The molecule has 0 aliphatic rings. The Hall–Kier alpha value is -1.81. The summed E-state index contributed by atoms with van der Waals surface area (Å²) in [6, 6.07) is 8.12. The van der Waals surface area contributed by atoms with Crippen LogP contribution in [-0.4, -0.2) is 21.9 Å². The third-order valence-corrected chi connectivity index (χ3v) is 3.15. The third kappa shape index (κ3) is 4.33. The predicted octanol–water partition coefficient (Wildman–Crippen LogP) is 3.37. The zero-order valence-corrected chi connectivity index (χ0v) is 13.6. The minimum absolute atomic E-state index is 0.0892. The fourth-order valence-corrected chi connectivity index (χ4v) is 2.15. The van der Waals surface area contributed by atoms with E-state index in [9.17, 15) is 0 Å². The van der Waals surface area contributed by atoms with Crippen LogP contribution in [0.25, 0.3) is 11.3 Å². The molecule has 0 unspecified atom stereocenters. The van der Waals surface area contributed by atoms with Gasteiger partial charge in [-0.15, -0.1) is 0 Å². The fourth-order valence-electron chi connectivity index (χ4n) is 2.15. The first-order valence-corrected chi connectivity index (χ1v) is 7.40. The molecule has 0 aliphatic heterocycles. The van der Waals surface area contributed by atoms with E-state index in [1.807, 2.05) is 30.8 Å². The summed E-state index contributed by atoms with van der Waals surface area (Å²) in [6.45, 7) is 9.98. The molecule has 0 saturated carbocycles.